The third kappa shape index (κ3) is 4.67. The number of ether oxygens (including phenoxy) is 1. The van der Waals surface area contributed by atoms with Gasteiger partial charge in [0.2, 0.25) is 0 Å². The van der Waals surface area contributed by atoms with Crippen LogP contribution < -0.4 is 10.1 Å². The lowest BCUT2D eigenvalue weighted by atomic mass is 9.96. The van der Waals surface area contributed by atoms with Gasteiger partial charge in [-0.05, 0) is 38.0 Å². The van der Waals surface area contributed by atoms with Crippen LogP contribution in [0.5, 0.6) is 5.75 Å². The molecule has 7 heteroatoms. The molecule has 0 saturated heterocycles. The first-order valence-corrected chi connectivity index (χ1v) is 9.22. The van der Waals surface area contributed by atoms with Crippen molar-refractivity contribution >= 4 is 34.9 Å². The summed E-state index contributed by atoms with van der Waals surface area (Å²) in [7, 11) is 0. The maximum absolute atomic E-state index is 12.3. The number of anilines is 1. The number of aromatic nitrogens is 2. The Labute approximate surface area is 157 Å². The minimum absolute atomic E-state index is 0.129. The van der Waals surface area contributed by atoms with Gasteiger partial charge >= 0.3 is 0 Å². The summed E-state index contributed by atoms with van der Waals surface area (Å²) in [5, 5.41) is 8.35. The lowest BCUT2D eigenvalue weighted by Gasteiger charge is -2.24. The summed E-state index contributed by atoms with van der Waals surface area (Å²) in [6.07, 6.45) is 5.88. The topological polar surface area (TPSA) is 56.1 Å². The fraction of sp³-hybridized carbons (Fsp3) is 0.444. The van der Waals surface area contributed by atoms with E-state index in [1.807, 2.05) is 17.7 Å². The van der Waals surface area contributed by atoms with Crippen LogP contribution in [0.15, 0.2) is 24.3 Å². The summed E-state index contributed by atoms with van der Waals surface area (Å²) in [5.41, 5.74) is 0.891. The Hall–Kier alpha value is -1.72. The van der Waals surface area contributed by atoms with Gasteiger partial charge in [-0.3, -0.25) is 4.79 Å². The van der Waals surface area contributed by atoms with Crippen LogP contribution in [0.4, 0.5) is 5.82 Å². The smallest absolute Gasteiger partial charge is 0.263 e. The number of aryl methyl sites for hydroxylation is 1. The highest BCUT2D eigenvalue weighted by atomic mass is 35.5. The summed E-state index contributed by atoms with van der Waals surface area (Å²) < 4.78 is 7.43. The van der Waals surface area contributed by atoms with Crippen molar-refractivity contribution < 1.29 is 9.53 Å². The molecule has 1 amide bonds. The van der Waals surface area contributed by atoms with E-state index < -0.39 is 0 Å². The second-order valence-corrected chi connectivity index (χ2v) is 7.16. The van der Waals surface area contributed by atoms with Gasteiger partial charge < -0.3 is 10.1 Å². The van der Waals surface area contributed by atoms with E-state index in [1.54, 1.807) is 18.2 Å². The molecule has 0 radical (unpaired) electrons. The molecule has 1 aliphatic carbocycles. The standard InChI is InChI=1S/C18H21Cl2N3O2/c1-12-9-17(23(22-12)14-5-3-2-4-6-14)21-18(24)11-25-16-8-7-13(19)10-15(16)20/h7-10,14H,2-6,11H2,1H3,(H,21,24). The number of benzene rings is 1. The second-order valence-electron chi connectivity index (χ2n) is 6.32. The minimum atomic E-state index is -0.247. The highest BCUT2D eigenvalue weighted by Gasteiger charge is 2.20. The van der Waals surface area contributed by atoms with Gasteiger partial charge in [-0.1, -0.05) is 42.5 Å². The van der Waals surface area contributed by atoms with Crippen LogP contribution in [0.2, 0.25) is 10.0 Å². The number of halogens is 2. The van der Waals surface area contributed by atoms with Gasteiger partial charge in [0.15, 0.2) is 6.61 Å². The quantitative estimate of drug-likeness (QED) is 0.790. The number of hydrogen-bond donors (Lipinski definition) is 1. The first kappa shape index (κ1) is 18.1. The van der Waals surface area contributed by atoms with E-state index in [2.05, 4.69) is 10.4 Å². The molecule has 1 heterocycles. The van der Waals surface area contributed by atoms with Crippen molar-refractivity contribution in [3.05, 3.63) is 40.0 Å². The second kappa shape index (κ2) is 8.11. The molecule has 1 N–H and O–H groups in total. The molecule has 0 aliphatic heterocycles. The highest BCUT2D eigenvalue weighted by molar-refractivity contribution is 6.35. The largest absolute Gasteiger partial charge is 0.482 e. The number of nitrogens with zero attached hydrogens (tertiary/aromatic N) is 2. The Morgan fingerprint density at radius 2 is 2.04 bits per heavy atom. The molecule has 25 heavy (non-hydrogen) atoms. The Bertz CT molecular complexity index is 755. The van der Waals surface area contributed by atoms with E-state index in [0.29, 0.717) is 21.8 Å². The number of nitrogens with one attached hydrogen (secondary N) is 1. The minimum Gasteiger partial charge on any atom is -0.482 e. The lowest BCUT2D eigenvalue weighted by Crippen LogP contribution is -2.24. The predicted molar refractivity (Wildman–Crippen MR) is 99.7 cm³/mol. The average Bonchev–Trinajstić information content (AvgIpc) is 2.95. The normalized spacial score (nSPS) is 15.2. The number of carbonyl (C=O) groups is 1. The molecular formula is C18H21Cl2N3O2. The summed E-state index contributed by atoms with van der Waals surface area (Å²) in [5.74, 6) is 0.904. The number of amides is 1. The maximum Gasteiger partial charge on any atom is 0.263 e. The van der Waals surface area contributed by atoms with Crippen LogP contribution in [-0.2, 0) is 4.79 Å². The van der Waals surface area contributed by atoms with E-state index >= 15 is 0 Å². The fourth-order valence-electron chi connectivity index (χ4n) is 3.13. The molecule has 134 valence electrons. The number of hydrogen-bond acceptors (Lipinski definition) is 3. The molecule has 1 fully saturated rings. The SMILES string of the molecule is Cc1cc(NC(=O)COc2ccc(Cl)cc2Cl)n(C2CCCCC2)n1. The van der Waals surface area contributed by atoms with Crippen LogP contribution in [0.25, 0.3) is 0 Å². The lowest BCUT2D eigenvalue weighted by molar-refractivity contribution is -0.118. The Balaban J connectivity index is 1.62. The molecule has 1 aromatic heterocycles. The molecule has 0 bridgehead atoms. The molecular weight excluding hydrogens is 361 g/mol. The van der Waals surface area contributed by atoms with Crippen molar-refractivity contribution in [1.29, 1.82) is 0 Å². The first-order valence-electron chi connectivity index (χ1n) is 8.47. The maximum atomic E-state index is 12.3. The van der Waals surface area contributed by atoms with Crippen LogP contribution in [0.3, 0.4) is 0 Å². The van der Waals surface area contributed by atoms with Crippen LogP contribution in [-0.4, -0.2) is 22.3 Å². The fourth-order valence-corrected chi connectivity index (χ4v) is 3.59. The van der Waals surface area contributed by atoms with Gasteiger partial charge in [0, 0.05) is 11.1 Å². The zero-order chi connectivity index (χ0) is 17.8. The van der Waals surface area contributed by atoms with Crippen LogP contribution >= 0.6 is 23.2 Å². The zero-order valence-corrected chi connectivity index (χ0v) is 15.6. The van der Waals surface area contributed by atoms with Gasteiger partial charge in [-0.15, -0.1) is 0 Å². The van der Waals surface area contributed by atoms with Gasteiger partial charge in [0.05, 0.1) is 16.8 Å². The van der Waals surface area contributed by atoms with Crippen molar-refractivity contribution in [1.82, 2.24) is 9.78 Å². The van der Waals surface area contributed by atoms with Gasteiger partial charge in [0.1, 0.15) is 11.6 Å². The van der Waals surface area contributed by atoms with Crippen LogP contribution in [0.1, 0.15) is 43.8 Å². The van der Waals surface area contributed by atoms with Crippen molar-refractivity contribution in [3.8, 4) is 5.75 Å². The molecule has 1 aromatic carbocycles. The van der Waals surface area contributed by atoms with E-state index in [4.69, 9.17) is 27.9 Å². The Kier molecular flexibility index (Phi) is 5.86. The van der Waals surface area contributed by atoms with Gasteiger partial charge in [-0.25, -0.2) is 4.68 Å². The summed E-state index contributed by atoms with van der Waals surface area (Å²) in [6.45, 7) is 1.80. The third-order valence-electron chi connectivity index (χ3n) is 4.30. The van der Waals surface area contributed by atoms with E-state index in [-0.39, 0.29) is 12.5 Å². The third-order valence-corrected chi connectivity index (χ3v) is 4.83. The van der Waals surface area contributed by atoms with E-state index in [0.717, 1.165) is 24.4 Å². The van der Waals surface area contributed by atoms with Crippen molar-refractivity contribution in [2.75, 3.05) is 11.9 Å². The van der Waals surface area contributed by atoms with E-state index in [9.17, 15) is 4.79 Å². The predicted octanol–water partition coefficient (Wildman–Crippen LogP) is 5.02. The molecule has 2 aromatic rings. The zero-order valence-electron chi connectivity index (χ0n) is 14.1. The monoisotopic (exact) mass is 381 g/mol. The van der Waals surface area contributed by atoms with Crippen molar-refractivity contribution in [2.45, 2.75) is 45.1 Å². The summed E-state index contributed by atoms with van der Waals surface area (Å²) >= 11 is 11.9. The Morgan fingerprint density at radius 3 is 2.76 bits per heavy atom. The Morgan fingerprint density at radius 1 is 1.28 bits per heavy atom. The van der Waals surface area contributed by atoms with Gasteiger partial charge in [0.25, 0.3) is 5.91 Å². The number of carbonyl (C=O) groups excluding carboxylic acids is 1. The molecule has 1 aliphatic rings. The van der Waals surface area contributed by atoms with Crippen LogP contribution in [0, 0.1) is 6.92 Å². The molecule has 0 unspecified atom stereocenters. The summed E-state index contributed by atoms with van der Waals surface area (Å²) in [4.78, 5) is 12.3. The number of rotatable bonds is 5. The molecule has 0 spiro atoms. The molecule has 1 saturated carbocycles. The average molecular weight is 382 g/mol. The van der Waals surface area contributed by atoms with Gasteiger partial charge in [-0.2, -0.15) is 5.10 Å². The molecule has 0 atom stereocenters. The molecule has 3 rings (SSSR count). The van der Waals surface area contributed by atoms with Crippen molar-refractivity contribution in [2.24, 2.45) is 0 Å². The van der Waals surface area contributed by atoms with E-state index in [1.165, 1.54) is 19.3 Å². The molecule has 5 nitrogen and oxygen atoms in total. The van der Waals surface area contributed by atoms with Crippen molar-refractivity contribution in [3.63, 3.8) is 0 Å². The summed E-state index contributed by atoms with van der Waals surface area (Å²) in [6, 6.07) is 7.14. The first-order chi connectivity index (χ1) is 12.0. The highest BCUT2D eigenvalue weighted by Crippen LogP contribution is 2.31.